The van der Waals surface area contributed by atoms with E-state index < -0.39 is 0 Å². The lowest BCUT2D eigenvalue weighted by Crippen LogP contribution is -2.42. The van der Waals surface area contributed by atoms with Crippen molar-refractivity contribution in [3.63, 3.8) is 0 Å². The highest BCUT2D eigenvalue weighted by Crippen LogP contribution is 2.26. The quantitative estimate of drug-likeness (QED) is 0.890. The Morgan fingerprint density at radius 3 is 2.50 bits per heavy atom. The van der Waals surface area contributed by atoms with Gasteiger partial charge in [0.1, 0.15) is 5.75 Å². The fourth-order valence-electron chi connectivity index (χ4n) is 2.87. The van der Waals surface area contributed by atoms with Gasteiger partial charge in [0.05, 0.1) is 7.11 Å². The van der Waals surface area contributed by atoms with Gasteiger partial charge in [-0.05, 0) is 50.9 Å². The highest BCUT2D eigenvalue weighted by molar-refractivity contribution is 5.29. The molecule has 2 rings (SSSR count). The van der Waals surface area contributed by atoms with E-state index in [0.717, 1.165) is 5.75 Å². The lowest BCUT2D eigenvalue weighted by Gasteiger charge is -2.33. The van der Waals surface area contributed by atoms with Crippen LogP contribution in [0.2, 0.25) is 0 Å². The molecule has 0 aliphatic carbocycles. The van der Waals surface area contributed by atoms with E-state index in [0.29, 0.717) is 12.1 Å². The van der Waals surface area contributed by atoms with Crippen LogP contribution in [0, 0.1) is 0 Å². The smallest absolute Gasteiger partial charge is 0.118 e. The molecule has 3 unspecified atom stereocenters. The summed E-state index contributed by atoms with van der Waals surface area (Å²) in [4.78, 5) is 2.52. The van der Waals surface area contributed by atoms with Gasteiger partial charge in [-0.3, -0.25) is 4.90 Å². The molecule has 100 valence electrons. The maximum Gasteiger partial charge on any atom is 0.118 e. The molecule has 1 aromatic carbocycles. The number of likely N-dealkylation sites (tertiary alicyclic amines) is 1. The Morgan fingerprint density at radius 1 is 1.33 bits per heavy atom. The Morgan fingerprint density at radius 2 is 2.00 bits per heavy atom. The number of nitrogens with zero attached hydrogens (tertiary/aromatic N) is 1. The number of hydrogen-bond acceptors (Lipinski definition) is 3. The Balaban J connectivity index is 2.07. The minimum absolute atomic E-state index is 0.0662. The van der Waals surface area contributed by atoms with Gasteiger partial charge >= 0.3 is 0 Å². The van der Waals surface area contributed by atoms with Crippen LogP contribution >= 0.6 is 0 Å². The predicted molar refractivity (Wildman–Crippen MR) is 74.8 cm³/mol. The lowest BCUT2D eigenvalue weighted by atomic mass is 9.99. The summed E-state index contributed by atoms with van der Waals surface area (Å²) in [7, 11) is 1.68. The van der Waals surface area contributed by atoms with Gasteiger partial charge in [0.15, 0.2) is 0 Å². The summed E-state index contributed by atoms with van der Waals surface area (Å²) in [5.74, 6) is 0.883. The first-order valence-electron chi connectivity index (χ1n) is 6.78. The second-order valence-corrected chi connectivity index (χ2v) is 5.27. The van der Waals surface area contributed by atoms with Crippen molar-refractivity contribution in [1.82, 2.24) is 4.90 Å². The Kier molecular flexibility index (Phi) is 4.25. The molecule has 1 fully saturated rings. The van der Waals surface area contributed by atoms with Crippen LogP contribution in [0.25, 0.3) is 0 Å². The predicted octanol–water partition coefficient (Wildman–Crippen LogP) is 2.57. The number of methoxy groups -OCH3 is 1. The molecule has 1 aliphatic rings. The van der Waals surface area contributed by atoms with Gasteiger partial charge in [-0.2, -0.15) is 0 Å². The zero-order valence-electron chi connectivity index (χ0n) is 11.6. The summed E-state index contributed by atoms with van der Waals surface area (Å²) in [6, 6.07) is 9.21. The van der Waals surface area contributed by atoms with Crippen LogP contribution < -0.4 is 10.5 Å². The number of rotatable bonds is 4. The SMILES string of the molecule is COc1ccc(C(N)C(C)N2CCCC2C)cc1. The van der Waals surface area contributed by atoms with Crippen molar-refractivity contribution in [3.05, 3.63) is 29.8 Å². The van der Waals surface area contributed by atoms with Crippen LogP contribution in [0.15, 0.2) is 24.3 Å². The highest BCUT2D eigenvalue weighted by Gasteiger charge is 2.29. The number of benzene rings is 1. The molecule has 0 aromatic heterocycles. The van der Waals surface area contributed by atoms with E-state index in [1.165, 1.54) is 24.9 Å². The zero-order chi connectivity index (χ0) is 13.1. The van der Waals surface area contributed by atoms with Crippen molar-refractivity contribution in [2.75, 3.05) is 13.7 Å². The number of nitrogens with two attached hydrogens (primary N) is 1. The second kappa shape index (κ2) is 5.72. The number of ether oxygens (including phenoxy) is 1. The fraction of sp³-hybridized carbons (Fsp3) is 0.600. The van der Waals surface area contributed by atoms with Gasteiger partial charge < -0.3 is 10.5 Å². The van der Waals surface area contributed by atoms with Gasteiger partial charge in [0.2, 0.25) is 0 Å². The molecule has 0 amide bonds. The molecule has 0 bridgehead atoms. The summed E-state index contributed by atoms with van der Waals surface area (Å²) < 4.78 is 5.18. The molecule has 3 heteroatoms. The van der Waals surface area contributed by atoms with Gasteiger partial charge in [-0.15, -0.1) is 0 Å². The molecule has 3 atom stereocenters. The van der Waals surface area contributed by atoms with E-state index in [-0.39, 0.29) is 6.04 Å². The first-order chi connectivity index (χ1) is 8.63. The van der Waals surface area contributed by atoms with Crippen LogP contribution in [0.5, 0.6) is 5.75 Å². The van der Waals surface area contributed by atoms with E-state index in [1.807, 2.05) is 12.1 Å². The minimum atomic E-state index is 0.0662. The van der Waals surface area contributed by atoms with Gasteiger partial charge in [0, 0.05) is 18.1 Å². The van der Waals surface area contributed by atoms with Gasteiger partial charge in [0.25, 0.3) is 0 Å². The van der Waals surface area contributed by atoms with Crippen molar-refractivity contribution in [1.29, 1.82) is 0 Å². The molecular formula is C15H24N2O. The van der Waals surface area contributed by atoms with Gasteiger partial charge in [-0.1, -0.05) is 12.1 Å². The average molecular weight is 248 g/mol. The summed E-state index contributed by atoms with van der Waals surface area (Å²) in [5, 5.41) is 0. The maximum atomic E-state index is 6.39. The lowest BCUT2D eigenvalue weighted by molar-refractivity contribution is 0.178. The molecule has 0 radical (unpaired) electrons. The zero-order valence-corrected chi connectivity index (χ0v) is 11.6. The van der Waals surface area contributed by atoms with Crippen LogP contribution in [0.1, 0.15) is 38.3 Å². The molecule has 2 N–H and O–H groups in total. The Hall–Kier alpha value is -1.06. The van der Waals surface area contributed by atoms with Gasteiger partial charge in [-0.25, -0.2) is 0 Å². The van der Waals surface area contributed by atoms with E-state index in [1.54, 1.807) is 7.11 Å². The Labute approximate surface area is 110 Å². The summed E-state index contributed by atoms with van der Waals surface area (Å²) in [6.07, 6.45) is 2.58. The molecule has 3 nitrogen and oxygen atoms in total. The molecule has 1 aromatic rings. The number of hydrogen-bond donors (Lipinski definition) is 1. The molecule has 18 heavy (non-hydrogen) atoms. The standard InChI is InChI=1S/C15H24N2O/c1-11-5-4-10-17(11)12(2)15(16)13-6-8-14(18-3)9-7-13/h6-9,11-12,15H,4-5,10,16H2,1-3H3. The molecular weight excluding hydrogens is 224 g/mol. The van der Waals surface area contributed by atoms with E-state index in [4.69, 9.17) is 10.5 Å². The van der Waals surface area contributed by atoms with E-state index in [2.05, 4.69) is 30.9 Å². The van der Waals surface area contributed by atoms with Crippen molar-refractivity contribution in [2.24, 2.45) is 5.73 Å². The van der Waals surface area contributed by atoms with Crippen molar-refractivity contribution >= 4 is 0 Å². The van der Waals surface area contributed by atoms with Crippen molar-refractivity contribution in [3.8, 4) is 5.75 Å². The monoisotopic (exact) mass is 248 g/mol. The van der Waals surface area contributed by atoms with Crippen LogP contribution in [-0.4, -0.2) is 30.6 Å². The largest absolute Gasteiger partial charge is 0.497 e. The molecule has 0 spiro atoms. The van der Waals surface area contributed by atoms with Crippen LogP contribution in [0.3, 0.4) is 0 Å². The second-order valence-electron chi connectivity index (χ2n) is 5.27. The molecule has 1 aliphatic heterocycles. The van der Waals surface area contributed by atoms with E-state index in [9.17, 15) is 0 Å². The maximum absolute atomic E-state index is 6.39. The first kappa shape index (κ1) is 13.4. The van der Waals surface area contributed by atoms with Crippen LogP contribution in [0.4, 0.5) is 0 Å². The minimum Gasteiger partial charge on any atom is -0.497 e. The molecule has 0 saturated carbocycles. The highest BCUT2D eigenvalue weighted by atomic mass is 16.5. The molecule has 1 saturated heterocycles. The third kappa shape index (κ3) is 2.68. The summed E-state index contributed by atoms with van der Waals surface area (Å²) in [6.45, 7) is 5.70. The Bertz CT molecular complexity index is 377. The topological polar surface area (TPSA) is 38.5 Å². The van der Waals surface area contributed by atoms with Crippen molar-refractivity contribution < 1.29 is 4.74 Å². The normalized spacial score (nSPS) is 23.9. The summed E-state index contributed by atoms with van der Waals surface area (Å²) in [5.41, 5.74) is 7.57. The molecule has 1 heterocycles. The first-order valence-corrected chi connectivity index (χ1v) is 6.78. The third-order valence-electron chi connectivity index (χ3n) is 4.15. The van der Waals surface area contributed by atoms with Crippen LogP contribution in [-0.2, 0) is 0 Å². The summed E-state index contributed by atoms with van der Waals surface area (Å²) >= 11 is 0. The fourth-order valence-corrected chi connectivity index (χ4v) is 2.87. The van der Waals surface area contributed by atoms with E-state index >= 15 is 0 Å². The third-order valence-corrected chi connectivity index (χ3v) is 4.15. The van der Waals surface area contributed by atoms with Crippen molar-refractivity contribution in [2.45, 2.75) is 44.8 Å². The average Bonchev–Trinajstić information content (AvgIpc) is 2.83.